The Kier molecular flexibility index (Phi) is 2.76. The molecule has 16 heavy (non-hydrogen) atoms. The third-order valence-corrected chi connectivity index (χ3v) is 4.49. The van der Waals surface area contributed by atoms with Gasteiger partial charge in [-0.05, 0) is 48.3 Å². The molecule has 0 radical (unpaired) electrons. The van der Waals surface area contributed by atoms with Crippen molar-refractivity contribution in [2.75, 3.05) is 0 Å². The second-order valence-electron chi connectivity index (χ2n) is 8.07. The summed E-state index contributed by atoms with van der Waals surface area (Å²) in [4.78, 5) is 0. The monoisotopic (exact) mass is 220 g/mol. The van der Waals surface area contributed by atoms with Gasteiger partial charge in [0.2, 0.25) is 0 Å². The minimum atomic E-state index is 0.375. The Labute approximate surface area is 102 Å². The van der Waals surface area contributed by atoms with Gasteiger partial charge in [0.05, 0.1) is 0 Å². The predicted octanol–water partition coefficient (Wildman–Crippen LogP) is 5.20. The summed E-state index contributed by atoms with van der Waals surface area (Å²) < 4.78 is 0. The fourth-order valence-corrected chi connectivity index (χ4v) is 3.55. The first-order valence-electron chi connectivity index (χ1n) is 6.91. The molecule has 3 rings (SSSR count). The molecule has 0 heteroatoms. The van der Waals surface area contributed by atoms with E-state index in [-0.39, 0.29) is 0 Å². The van der Waals surface area contributed by atoms with E-state index in [1.54, 1.807) is 11.1 Å². The number of hydrogen-bond acceptors (Lipinski definition) is 0. The van der Waals surface area contributed by atoms with Crippen molar-refractivity contribution in [3.8, 4) is 0 Å². The Hall–Kier alpha value is -0.260. The van der Waals surface area contributed by atoms with E-state index in [4.69, 9.17) is 0 Å². The van der Waals surface area contributed by atoms with E-state index >= 15 is 0 Å². The van der Waals surface area contributed by atoms with Crippen LogP contribution in [0.1, 0.15) is 67.2 Å². The van der Waals surface area contributed by atoms with Crippen LogP contribution in [0.25, 0.3) is 0 Å². The zero-order chi connectivity index (χ0) is 12.1. The predicted molar refractivity (Wildman–Crippen MR) is 71.4 cm³/mol. The minimum absolute atomic E-state index is 0.375. The first kappa shape index (κ1) is 12.2. The van der Waals surface area contributed by atoms with Crippen molar-refractivity contribution in [2.45, 2.75) is 67.2 Å². The van der Waals surface area contributed by atoms with Crippen LogP contribution in [-0.2, 0) is 0 Å². The molecule has 0 unspecified atom stereocenters. The van der Waals surface area contributed by atoms with Crippen molar-refractivity contribution in [1.29, 1.82) is 0 Å². The van der Waals surface area contributed by atoms with Crippen molar-refractivity contribution >= 4 is 0 Å². The number of fused-ring (bicyclic) bond motifs is 2. The Morgan fingerprint density at radius 2 is 1.00 bits per heavy atom. The summed E-state index contributed by atoms with van der Waals surface area (Å²) in [6, 6.07) is 0. The first-order valence-corrected chi connectivity index (χ1v) is 6.91. The molecule has 0 N–H and O–H groups in total. The summed E-state index contributed by atoms with van der Waals surface area (Å²) in [6.45, 7) is 14.4. The van der Waals surface area contributed by atoms with Gasteiger partial charge in [-0.25, -0.2) is 0 Å². The molecule has 3 aliphatic carbocycles. The topological polar surface area (TPSA) is 0 Å². The lowest BCUT2D eigenvalue weighted by atomic mass is 9.71. The van der Waals surface area contributed by atoms with Gasteiger partial charge in [0.25, 0.3) is 0 Å². The molecule has 0 aromatic rings. The summed E-state index contributed by atoms with van der Waals surface area (Å²) in [7, 11) is 0. The van der Waals surface area contributed by atoms with Gasteiger partial charge in [-0.2, -0.15) is 0 Å². The molecule has 0 atom stereocenters. The smallest absolute Gasteiger partial charge is 0.0170 e. The highest BCUT2D eigenvalue weighted by molar-refractivity contribution is 5.28. The lowest BCUT2D eigenvalue weighted by Gasteiger charge is -2.34. The van der Waals surface area contributed by atoms with Gasteiger partial charge >= 0.3 is 0 Å². The third-order valence-electron chi connectivity index (χ3n) is 4.49. The van der Waals surface area contributed by atoms with E-state index in [1.165, 1.54) is 25.7 Å². The summed E-state index contributed by atoms with van der Waals surface area (Å²) in [5.41, 5.74) is 4.32. The lowest BCUT2D eigenvalue weighted by Crippen LogP contribution is -2.22. The summed E-state index contributed by atoms with van der Waals surface area (Å²) >= 11 is 0. The van der Waals surface area contributed by atoms with Crippen LogP contribution in [0.2, 0.25) is 0 Å². The Morgan fingerprint density at radius 1 is 0.688 bits per heavy atom. The van der Waals surface area contributed by atoms with Gasteiger partial charge in [0.15, 0.2) is 0 Å². The van der Waals surface area contributed by atoms with Crippen LogP contribution in [-0.4, -0.2) is 0 Å². The van der Waals surface area contributed by atoms with Crippen LogP contribution in [0.4, 0.5) is 0 Å². The fraction of sp³-hybridized carbons (Fsp3) is 0.875. The van der Waals surface area contributed by atoms with E-state index in [2.05, 4.69) is 41.5 Å². The summed E-state index contributed by atoms with van der Waals surface area (Å²) in [6.07, 6.45) is 5.76. The van der Waals surface area contributed by atoms with Gasteiger partial charge in [-0.3, -0.25) is 0 Å². The van der Waals surface area contributed by atoms with Crippen LogP contribution in [0.3, 0.4) is 0 Å². The molecule has 0 nitrogen and oxygen atoms in total. The maximum absolute atomic E-state index is 2.40. The minimum Gasteiger partial charge on any atom is -0.0648 e. The van der Waals surface area contributed by atoms with Gasteiger partial charge in [-0.15, -0.1) is 0 Å². The average Bonchev–Trinajstić information content (AvgIpc) is 2.25. The molecule has 0 saturated heterocycles. The van der Waals surface area contributed by atoms with Crippen molar-refractivity contribution in [1.82, 2.24) is 0 Å². The Balaban J connectivity index is 2.40. The number of hydrogen-bond donors (Lipinski definition) is 0. The van der Waals surface area contributed by atoms with Crippen molar-refractivity contribution in [3.05, 3.63) is 11.1 Å². The van der Waals surface area contributed by atoms with Crippen LogP contribution < -0.4 is 0 Å². The van der Waals surface area contributed by atoms with Gasteiger partial charge in [0.1, 0.15) is 0 Å². The molecule has 0 aromatic carbocycles. The van der Waals surface area contributed by atoms with E-state index < -0.39 is 0 Å². The molecule has 0 amide bonds. The van der Waals surface area contributed by atoms with E-state index in [0.29, 0.717) is 10.8 Å². The number of allylic oxidation sites excluding steroid dienone is 2. The molecule has 0 aliphatic heterocycles. The summed E-state index contributed by atoms with van der Waals surface area (Å²) in [5, 5.41) is 0. The number of rotatable bonds is 0. The highest BCUT2D eigenvalue weighted by Crippen LogP contribution is 2.53. The molecule has 3 aliphatic rings. The molecule has 0 spiro atoms. The van der Waals surface area contributed by atoms with Crippen LogP contribution in [0.5, 0.6) is 0 Å². The second kappa shape index (κ2) is 3.62. The van der Waals surface area contributed by atoms with Gasteiger partial charge in [-0.1, -0.05) is 52.7 Å². The average molecular weight is 220 g/mol. The van der Waals surface area contributed by atoms with E-state index in [0.717, 1.165) is 11.8 Å². The molecule has 1 fully saturated rings. The molecular formula is C16H28. The summed E-state index contributed by atoms with van der Waals surface area (Å²) in [5.74, 6) is 2.03. The molecule has 0 aromatic heterocycles. The van der Waals surface area contributed by atoms with E-state index in [9.17, 15) is 0 Å². The molecule has 2 bridgehead atoms. The van der Waals surface area contributed by atoms with Crippen LogP contribution >= 0.6 is 0 Å². The van der Waals surface area contributed by atoms with Gasteiger partial charge < -0.3 is 0 Å². The van der Waals surface area contributed by atoms with Crippen LogP contribution in [0.15, 0.2) is 11.1 Å². The molecule has 92 valence electrons. The largest absolute Gasteiger partial charge is 0.0648 e. The standard InChI is InChI=1S/C16H28/c1-15(2,3)13-9-11-7-12(8-11)10-14(13)16(4,5)6/h11-12H,7-10H2,1-6H3. The molecular weight excluding hydrogens is 192 g/mol. The van der Waals surface area contributed by atoms with Crippen molar-refractivity contribution < 1.29 is 0 Å². The lowest BCUT2D eigenvalue weighted by molar-refractivity contribution is 0.195. The zero-order valence-electron chi connectivity index (χ0n) is 12.0. The molecule has 0 heterocycles. The fourth-order valence-electron chi connectivity index (χ4n) is 3.55. The Morgan fingerprint density at radius 3 is 1.25 bits per heavy atom. The second-order valence-corrected chi connectivity index (χ2v) is 8.07. The van der Waals surface area contributed by atoms with Crippen molar-refractivity contribution in [3.63, 3.8) is 0 Å². The maximum atomic E-state index is 2.40. The van der Waals surface area contributed by atoms with E-state index in [1.807, 2.05) is 0 Å². The highest BCUT2D eigenvalue weighted by Gasteiger charge is 2.39. The SMILES string of the molecule is CC(C)(C)C1=C(C(C)(C)C)CC2CC(C1)C2. The van der Waals surface area contributed by atoms with Crippen LogP contribution in [0, 0.1) is 22.7 Å². The third kappa shape index (κ3) is 2.21. The quantitative estimate of drug-likeness (QED) is 0.492. The maximum Gasteiger partial charge on any atom is -0.0170 e. The normalized spacial score (nSPS) is 31.1. The van der Waals surface area contributed by atoms with Gasteiger partial charge in [0, 0.05) is 0 Å². The Bertz CT molecular complexity index is 270. The highest BCUT2D eigenvalue weighted by atomic mass is 14.4. The zero-order valence-corrected chi connectivity index (χ0v) is 12.0. The van der Waals surface area contributed by atoms with Crippen molar-refractivity contribution in [2.24, 2.45) is 22.7 Å². The molecule has 1 saturated carbocycles. The first-order chi connectivity index (χ1) is 7.18.